The van der Waals surface area contributed by atoms with E-state index in [-0.39, 0.29) is 29.1 Å². The number of methoxy groups -OCH3 is 2. The maximum atomic E-state index is 14.4. The fourth-order valence-electron chi connectivity index (χ4n) is 6.02. The average Bonchev–Trinajstić information content (AvgIpc) is 3.51. The molecule has 1 aliphatic carbocycles. The molecular weight excluding hydrogens is 590 g/mol. The van der Waals surface area contributed by atoms with Crippen molar-refractivity contribution in [3.63, 3.8) is 0 Å². The third kappa shape index (κ3) is 8.16. The minimum absolute atomic E-state index is 0.0524. The largest absolute Gasteiger partial charge is 0.493 e. The molecule has 1 saturated carbocycles. The van der Waals surface area contributed by atoms with Gasteiger partial charge in [-0.25, -0.2) is 8.42 Å². The summed E-state index contributed by atoms with van der Waals surface area (Å²) in [6.45, 7) is 7.26. The van der Waals surface area contributed by atoms with Gasteiger partial charge in [0.1, 0.15) is 12.6 Å². The quantitative estimate of drug-likeness (QED) is 0.259. The molecular formula is C35H45N3O6S. The van der Waals surface area contributed by atoms with Crippen LogP contribution in [0.25, 0.3) is 0 Å². The van der Waals surface area contributed by atoms with Crippen LogP contribution >= 0.6 is 0 Å². The number of hydrogen-bond acceptors (Lipinski definition) is 6. The molecule has 0 aromatic heterocycles. The van der Waals surface area contributed by atoms with Gasteiger partial charge in [-0.05, 0) is 81.0 Å². The van der Waals surface area contributed by atoms with E-state index in [4.69, 9.17) is 9.47 Å². The van der Waals surface area contributed by atoms with Crippen molar-refractivity contribution in [1.82, 2.24) is 10.2 Å². The maximum Gasteiger partial charge on any atom is 0.264 e. The molecule has 3 aromatic rings. The number of sulfonamides is 1. The SMILES string of the molecule is CCC(C(=O)NC1CCCC1)N(Cc1cccc(C)c1)C(=O)CN(c1cc(C)cc(C)c1)S(=O)(=O)c1ccc(OC)c(OC)c1. The molecule has 1 fully saturated rings. The number of rotatable bonds is 13. The van der Waals surface area contributed by atoms with Crippen LogP contribution in [0.5, 0.6) is 11.5 Å². The van der Waals surface area contributed by atoms with Gasteiger partial charge in [-0.15, -0.1) is 0 Å². The van der Waals surface area contributed by atoms with Crippen molar-refractivity contribution in [3.05, 3.63) is 82.9 Å². The Kier molecular flexibility index (Phi) is 11.1. The number of nitrogens with zero attached hydrogens (tertiary/aromatic N) is 2. The molecule has 2 amide bonds. The summed E-state index contributed by atoms with van der Waals surface area (Å²) in [4.78, 5) is 29.6. The third-order valence-corrected chi connectivity index (χ3v) is 10.0. The summed E-state index contributed by atoms with van der Waals surface area (Å²) in [6.07, 6.45) is 4.33. The monoisotopic (exact) mass is 635 g/mol. The van der Waals surface area contributed by atoms with Crippen LogP contribution in [0.4, 0.5) is 5.69 Å². The second-order valence-electron chi connectivity index (χ2n) is 11.8. The molecule has 0 aliphatic heterocycles. The topological polar surface area (TPSA) is 105 Å². The van der Waals surface area contributed by atoms with Crippen molar-refractivity contribution in [2.45, 2.75) is 83.3 Å². The van der Waals surface area contributed by atoms with Gasteiger partial charge < -0.3 is 19.7 Å². The zero-order chi connectivity index (χ0) is 32.7. The van der Waals surface area contributed by atoms with E-state index in [0.717, 1.165) is 52.2 Å². The molecule has 3 aromatic carbocycles. The number of hydrogen-bond donors (Lipinski definition) is 1. The smallest absolute Gasteiger partial charge is 0.264 e. The van der Waals surface area contributed by atoms with E-state index in [1.807, 2.05) is 58.0 Å². The first kappa shape index (κ1) is 33.8. The highest BCUT2D eigenvalue weighted by Crippen LogP contribution is 2.33. The van der Waals surface area contributed by atoms with Crippen molar-refractivity contribution >= 4 is 27.5 Å². The highest BCUT2D eigenvalue weighted by Gasteiger charge is 2.35. The van der Waals surface area contributed by atoms with Crippen molar-refractivity contribution in [3.8, 4) is 11.5 Å². The number of aryl methyl sites for hydroxylation is 3. The van der Waals surface area contributed by atoms with Gasteiger partial charge in [0, 0.05) is 18.7 Å². The minimum atomic E-state index is -4.27. The molecule has 45 heavy (non-hydrogen) atoms. The van der Waals surface area contributed by atoms with Crippen LogP contribution in [0.3, 0.4) is 0 Å². The molecule has 0 bridgehead atoms. The van der Waals surface area contributed by atoms with E-state index in [2.05, 4.69) is 5.32 Å². The molecule has 9 nitrogen and oxygen atoms in total. The molecule has 242 valence electrons. The lowest BCUT2D eigenvalue weighted by molar-refractivity contribution is -0.140. The third-order valence-electron chi connectivity index (χ3n) is 8.24. The minimum Gasteiger partial charge on any atom is -0.493 e. The first-order chi connectivity index (χ1) is 21.5. The molecule has 0 radical (unpaired) electrons. The van der Waals surface area contributed by atoms with E-state index >= 15 is 0 Å². The van der Waals surface area contributed by atoms with E-state index in [0.29, 0.717) is 17.9 Å². The van der Waals surface area contributed by atoms with Gasteiger partial charge in [0.25, 0.3) is 10.0 Å². The lowest BCUT2D eigenvalue weighted by Gasteiger charge is -2.34. The second-order valence-corrected chi connectivity index (χ2v) is 13.7. The van der Waals surface area contributed by atoms with Gasteiger partial charge in [-0.2, -0.15) is 0 Å². The summed E-state index contributed by atoms with van der Waals surface area (Å²) in [5, 5.41) is 3.15. The molecule has 0 heterocycles. The molecule has 0 spiro atoms. The van der Waals surface area contributed by atoms with Gasteiger partial charge in [-0.1, -0.05) is 55.7 Å². The van der Waals surface area contributed by atoms with Crippen LogP contribution in [0, 0.1) is 20.8 Å². The molecule has 1 unspecified atom stereocenters. The molecule has 4 rings (SSSR count). The van der Waals surface area contributed by atoms with Crippen LogP contribution in [-0.4, -0.2) is 58.0 Å². The van der Waals surface area contributed by atoms with Gasteiger partial charge in [0.2, 0.25) is 11.8 Å². The van der Waals surface area contributed by atoms with E-state index in [1.54, 1.807) is 12.1 Å². The molecule has 0 saturated heterocycles. The lowest BCUT2D eigenvalue weighted by Crippen LogP contribution is -2.53. The Morgan fingerprint density at radius 2 is 1.56 bits per heavy atom. The summed E-state index contributed by atoms with van der Waals surface area (Å²) in [7, 11) is -1.37. The fourth-order valence-corrected chi connectivity index (χ4v) is 7.44. The van der Waals surface area contributed by atoms with E-state index in [9.17, 15) is 18.0 Å². The first-order valence-corrected chi connectivity index (χ1v) is 16.9. The first-order valence-electron chi connectivity index (χ1n) is 15.4. The Labute approximate surface area is 267 Å². The number of anilines is 1. The predicted molar refractivity (Wildman–Crippen MR) is 176 cm³/mol. The molecule has 1 atom stereocenters. The number of ether oxygens (including phenoxy) is 2. The Morgan fingerprint density at radius 1 is 0.889 bits per heavy atom. The Morgan fingerprint density at radius 3 is 2.16 bits per heavy atom. The average molecular weight is 636 g/mol. The van der Waals surface area contributed by atoms with Crippen molar-refractivity contribution < 1.29 is 27.5 Å². The number of carbonyl (C=O) groups is 2. The fraction of sp³-hybridized carbons (Fsp3) is 0.429. The van der Waals surface area contributed by atoms with Crippen molar-refractivity contribution in [2.75, 3.05) is 25.1 Å². The van der Waals surface area contributed by atoms with E-state index in [1.165, 1.54) is 37.3 Å². The van der Waals surface area contributed by atoms with E-state index < -0.39 is 28.5 Å². The Balaban J connectivity index is 1.77. The lowest BCUT2D eigenvalue weighted by atomic mass is 10.1. The summed E-state index contributed by atoms with van der Waals surface area (Å²) in [5.41, 5.74) is 3.94. The predicted octanol–water partition coefficient (Wildman–Crippen LogP) is 5.69. The molecule has 1 aliphatic rings. The molecule has 1 N–H and O–H groups in total. The molecule has 10 heteroatoms. The summed E-state index contributed by atoms with van der Waals surface area (Å²) in [5.74, 6) is -0.0610. The van der Waals surface area contributed by atoms with Gasteiger partial charge in [0.15, 0.2) is 11.5 Å². The van der Waals surface area contributed by atoms with Crippen LogP contribution in [-0.2, 0) is 26.2 Å². The van der Waals surface area contributed by atoms with Crippen molar-refractivity contribution in [2.24, 2.45) is 0 Å². The highest BCUT2D eigenvalue weighted by molar-refractivity contribution is 7.92. The maximum absolute atomic E-state index is 14.4. The Hall–Kier alpha value is -4.05. The Bertz CT molecular complexity index is 1600. The number of nitrogens with one attached hydrogen (secondary N) is 1. The summed E-state index contributed by atoms with van der Waals surface area (Å²) >= 11 is 0. The van der Waals surface area contributed by atoms with Crippen molar-refractivity contribution in [1.29, 1.82) is 0 Å². The standard InChI is InChI=1S/C35H45N3O6S/c1-7-31(35(40)36-28-13-8-9-14-28)37(22-27-12-10-11-24(2)18-27)34(39)23-38(29-19-25(3)17-26(4)20-29)45(41,42)30-15-16-32(43-5)33(21-30)44-6/h10-12,15-21,28,31H,7-9,13-14,22-23H2,1-6H3,(H,36,40). The normalized spacial score (nSPS) is 14.1. The zero-order valence-corrected chi connectivity index (χ0v) is 27.9. The number of carbonyl (C=O) groups excluding carboxylic acids is 2. The second kappa shape index (κ2) is 14.8. The van der Waals surface area contributed by atoms with Crippen LogP contribution in [0.15, 0.2) is 65.6 Å². The number of benzene rings is 3. The van der Waals surface area contributed by atoms with Crippen LogP contribution in [0.2, 0.25) is 0 Å². The zero-order valence-electron chi connectivity index (χ0n) is 27.1. The van der Waals surface area contributed by atoms with Gasteiger partial charge in [-0.3, -0.25) is 13.9 Å². The summed E-state index contributed by atoms with van der Waals surface area (Å²) < 4.78 is 40.6. The van der Waals surface area contributed by atoms with Gasteiger partial charge in [0.05, 0.1) is 24.8 Å². The van der Waals surface area contributed by atoms with Gasteiger partial charge >= 0.3 is 0 Å². The highest BCUT2D eigenvalue weighted by atomic mass is 32.2. The summed E-state index contributed by atoms with van der Waals surface area (Å²) in [6, 6.07) is 16.9. The number of amides is 2. The van der Waals surface area contributed by atoms with Crippen LogP contribution in [0.1, 0.15) is 61.3 Å². The van der Waals surface area contributed by atoms with Crippen LogP contribution < -0.4 is 19.1 Å².